The van der Waals surface area contributed by atoms with E-state index in [4.69, 9.17) is 9.15 Å². The topological polar surface area (TPSA) is 51.9 Å². The highest BCUT2D eigenvalue weighted by Gasteiger charge is 2.24. The molecule has 0 radical (unpaired) electrons. The molecule has 1 aliphatic rings. The van der Waals surface area contributed by atoms with Crippen LogP contribution in [0.15, 0.2) is 10.5 Å². The summed E-state index contributed by atoms with van der Waals surface area (Å²) >= 11 is 0. The molecule has 0 aromatic carbocycles. The van der Waals surface area contributed by atoms with Gasteiger partial charge in [-0.15, -0.1) is 0 Å². The highest BCUT2D eigenvalue weighted by atomic mass is 16.5. The zero-order valence-electron chi connectivity index (χ0n) is 11.9. The minimum absolute atomic E-state index is 0.222. The molecule has 1 aromatic heterocycles. The van der Waals surface area contributed by atoms with Crippen LogP contribution >= 0.6 is 0 Å². The van der Waals surface area contributed by atoms with Gasteiger partial charge in [0.2, 0.25) is 5.76 Å². The number of ether oxygens (including phenoxy) is 2. The third-order valence-corrected chi connectivity index (χ3v) is 3.21. The first-order chi connectivity index (χ1) is 8.99. The largest absolute Gasteiger partial charge is 0.463 e. The van der Waals surface area contributed by atoms with Gasteiger partial charge >= 0.3 is 5.97 Å². The molecule has 0 saturated carbocycles. The fraction of sp³-hybridized carbons (Fsp3) is 0.643. The molecule has 0 bridgehead atoms. The first-order valence-corrected chi connectivity index (χ1v) is 6.55. The second kappa shape index (κ2) is 5.75. The van der Waals surface area contributed by atoms with Crippen LogP contribution in [0.4, 0.5) is 0 Å². The van der Waals surface area contributed by atoms with Gasteiger partial charge in [0, 0.05) is 18.7 Å². The Morgan fingerprint density at radius 2 is 2.05 bits per heavy atom. The molecule has 1 saturated heterocycles. The van der Waals surface area contributed by atoms with Gasteiger partial charge < -0.3 is 13.9 Å². The maximum Gasteiger partial charge on any atom is 0.374 e. The zero-order chi connectivity index (χ0) is 14.0. The number of carbonyl (C=O) groups is 1. The van der Waals surface area contributed by atoms with E-state index in [1.54, 1.807) is 0 Å². The van der Waals surface area contributed by atoms with E-state index >= 15 is 0 Å². The smallest absolute Gasteiger partial charge is 0.374 e. The molecule has 0 aliphatic carbocycles. The van der Waals surface area contributed by atoms with E-state index in [9.17, 15) is 4.79 Å². The van der Waals surface area contributed by atoms with E-state index in [2.05, 4.69) is 23.5 Å². The first-order valence-electron chi connectivity index (χ1n) is 6.55. The van der Waals surface area contributed by atoms with E-state index in [0.29, 0.717) is 12.3 Å². The summed E-state index contributed by atoms with van der Waals surface area (Å²) in [5, 5.41) is 0. The summed E-state index contributed by atoms with van der Waals surface area (Å²) in [4.78, 5) is 13.8. The number of methoxy groups -OCH3 is 1. The fourth-order valence-electron chi connectivity index (χ4n) is 2.56. The zero-order valence-corrected chi connectivity index (χ0v) is 11.9. The van der Waals surface area contributed by atoms with Crippen LogP contribution < -0.4 is 0 Å². The van der Waals surface area contributed by atoms with Crippen LogP contribution in [0.3, 0.4) is 0 Å². The first kappa shape index (κ1) is 14.1. The Bertz CT molecular complexity index is 444. The predicted molar refractivity (Wildman–Crippen MR) is 70.1 cm³/mol. The third-order valence-electron chi connectivity index (χ3n) is 3.21. The van der Waals surface area contributed by atoms with Gasteiger partial charge in [-0.1, -0.05) is 0 Å². The molecular formula is C14H21NO4. The lowest BCUT2D eigenvalue weighted by molar-refractivity contribution is -0.0719. The van der Waals surface area contributed by atoms with Gasteiger partial charge in [0.1, 0.15) is 5.76 Å². The average molecular weight is 267 g/mol. The monoisotopic (exact) mass is 267 g/mol. The van der Waals surface area contributed by atoms with Crippen LogP contribution in [-0.2, 0) is 16.0 Å². The molecule has 2 heterocycles. The van der Waals surface area contributed by atoms with E-state index < -0.39 is 5.97 Å². The molecule has 2 unspecified atom stereocenters. The number of furan rings is 1. The normalized spacial score (nSPS) is 24.4. The van der Waals surface area contributed by atoms with Crippen molar-refractivity contribution in [2.45, 2.75) is 39.5 Å². The molecule has 2 atom stereocenters. The van der Waals surface area contributed by atoms with Gasteiger partial charge in [0.25, 0.3) is 0 Å². The van der Waals surface area contributed by atoms with Crippen LogP contribution in [0.2, 0.25) is 0 Å². The number of aryl methyl sites for hydroxylation is 1. The molecule has 0 amide bonds. The Kier molecular flexibility index (Phi) is 4.27. The molecule has 5 nitrogen and oxygen atoms in total. The van der Waals surface area contributed by atoms with Gasteiger partial charge in [-0.05, 0) is 26.8 Å². The van der Waals surface area contributed by atoms with Gasteiger partial charge in [-0.25, -0.2) is 4.79 Å². The van der Waals surface area contributed by atoms with Gasteiger partial charge in [-0.3, -0.25) is 4.90 Å². The Morgan fingerprint density at radius 3 is 2.63 bits per heavy atom. The van der Waals surface area contributed by atoms with Crippen molar-refractivity contribution < 1.29 is 18.7 Å². The van der Waals surface area contributed by atoms with Gasteiger partial charge in [0.15, 0.2) is 0 Å². The van der Waals surface area contributed by atoms with Crippen molar-refractivity contribution in [2.24, 2.45) is 0 Å². The summed E-state index contributed by atoms with van der Waals surface area (Å²) in [6.45, 7) is 8.42. The third kappa shape index (κ3) is 3.36. The maximum atomic E-state index is 11.5. The van der Waals surface area contributed by atoms with Crippen molar-refractivity contribution >= 4 is 5.97 Å². The average Bonchev–Trinajstić information content (AvgIpc) is 2.68. The number of hydrogen-bond donors (Lipinski definition) is 0. The molecular weight excluding hydrogens is 246 g/mol. The number of morpholine rings is 1. The lowest BCUT2D eigenvalue weighted by Gasteiger charge is -2.34. The molecule has 0 spiro atoms. The van der Waals surface area contributed by atoms with E-state index in [-0.39, 0.29) is 12.2 Å². The molecule has 0 N–H and O–H groups in total. The lowest BCUT2D eigenvalue weighted by atomic mass is 10.2. The van der Waals surface area contributed by atoms with E-state index in [1.165, 1.54) is 7.11 Å². The second-order valence-corrected chi connectivity index (χ2v) is 5.17. The Balaban J connectivity index is 2.05. The Morgan fingerprint density at radius 1 is 1.42 bits per heavy atom. The van der Waals surface area contributed by atoms with Crippen molar-refractivity contribution in [2.75, 3.05) is 20.2 Å². The standard InChI is InChI=1S/C14H21NO4/c1-9-5-12(19-13(9)14(16)17-4)8-15-6-10(2)18-11(3)7-15/h5,10-11H,6-8H2,1-4H3. The Hall–Kier alpha value is -1.33. The molecule has 19 heavy (non-hydrogen) atoms. The quantitative estimate of drug-likeness (QED) is 0.784. The number of nitrogens with zero attached hydrogens (tertiary/aromatic N) is 1. The SMILES string of the molecule is COC(=O)c1oc(CN2CC(C)OC(C)C2)cc1C. The number of hydrogen-bond acceptors (Lipinski definition) is 5. The molecule has 1 aromatic rings. The van der Waals surface area contributed by atoms with Gasteiger partial charge in [-0.2, -0.15) is 0 Å². The summed E-state index contributed by atoms with van der Waals surface area (Å²) in [5.41, 5.74) is 0.816. The summed E-state index contributed by atoms with van der Waals surface area (Å²) in [6.07, 6.45) is 0.444. The summed E-state index contributed by atoms with van der Waals surface area (Å²) in [6, 6.07) is 1.90. The molecule has 106 valence electrons. The van der Waals surface area contributed by atoms with Crippen LogP contribution in [0, 0.1) is 6.92 Å². The summed E-state index contributed by atoms with van der Waals surface area (Å²) in [7, 11) is 1.36. The lowest BCUT2D eigenvalue weighted by Crippen LogP contribution is -2.44. The van der Waals surface area contributed by atoms with E-state index in [0.717, 1.165) is 24.4 Å². The van der Waals surface area contributed by atoms with E-state index in [1.807, 2.05) is 13.0 Å². The minimum atomic E-state index is -0.424. The molecule has 2 rings (SSSR count). The van der Waals surface area contributed by atoms with Crippen LogP contribution in [0.5, 0.6) is 0 Å². The van der Waals surface area contributed by atoms with Crippen molar-refractivity contribution in [1.82, 2.24) is 4.90 Å². The number of esters is 1. The van der Waals surface area contributed by atoms with Crippen molar-refractivity contribution in [3.8, 4) is 0 Å². The molecule has 1 fully saturated rings. The van der Waals surface area contributed by atoms with Crippen molar-refractivity contribution in [3.63, 3.8) is 0 Å². The second-order valence-electron chi connectivity index (χ2n) is 5.17. The Labute approximate surface area is 113 Å². The summed E-state index contributed by atoms with van der Waals surface area (Å²) in [5.74, 6) is 0.665. The van der Waals surface area contributed by atoms with Gasteiger partial charge in [0.05, 0.1) is 25.9 Å². The highest BCUT2D eigenvalue weighted by molar-refractivity contribution is 5.87. The molecule has 5 heteroatoms. The molecule has 1 aliphatic heterocycles. The summed E-state index contributed by atoms with van der Waals surface area (Å²) < 4.78 is 16.0. The number of carbonyl (C=O) groups excluding carboxylic acids is 1. The van der Waals surface area contributed by atoms with Crippen LogP contribution in [0.1, 0.15) is 35.7 Å². The van der Waals surface area contributed by atoms with Crippen LogP contribution in [0.25, 0.3) is 0 Å². The predicted octanol–water partition coefficient (Wildman–Crippen LogP) is 1.98. The van der Waals surface area contributed by atoms with Crippen LogP contribution in [-0.4, -0.2) is 43.3 Å². The maximum absolute atomic E-state index is 11.5. The highest BCUT2D eigenvalue weighted by Crippen LogP contribution is 2.19. The van der Waals surface area contributed by atoms with Crippen molar-refractivity contribution in [3.05, 3.63) is 23.2 Å². The van der Waals surface area contributed by atoms with Crippen molar-refractivity contribution in [1.29, 1.82) is 0 Å². The minimum Gasteiger partial charge on any atom is -0.463 e. The fourth-order valence-corrected chi connectivity index (χ4v) is 2.56. The number of rotatable bonds is 3.